The molecule has 4 heterocycles. The van der Waals surface area contributed by atoms with E-state index in [4.69, 9.17) is 23.1 Å². The maximum atomic E-state index is 13.3. The van der Waals surface area contributed by atoms with Crippen LogP contribution in [0.4, 0.5) is 0 Å². The van der Waals surface area contributed by atoms with Crippen LogP contribution in [0.15, 0.2) is 91.4 Å². The summed E-state index contributed by atoms with van der Waals surface area (Å²) in [6.45, 7) is -0.155. The van der Waals surface area contributed by atoms with E-state index in [9.17, 15) is 4.79 Å². The highest BCUT2D eigenvalue weighted by Gasteiger charge is 2.45. The summed E-state index contributed by atoms with van der Waals surface area (Å²) >= 11 is 0. The summed E-state index contributed by atoms with van der Waals surface area (Å²) in [6, 6.07) is 14.3. The Morgan fingerprint density at radius 3 is 2.69 bits per heavy atom. The molecule has 1 fully saturated rings. The van der Waals surface area contributed by atoms with Crippen molar-refractivity contribution in [1.29, 1.82) is 0 Å². The minimum Gasteiger partial charge on any atom is -0.484 e. The summed E-state index contributed by atoms with van der Waals surface area (Å²) in [4.78, 5) is 13.3. The lowest BCUT2D eigenvalue weighted by Gasteiger charge is -2.27. The van der Waals surface area contributed by atoms with Crippen molar-refractivity contribution in [3.63, 3.8) is 0 Å². The number of rotatable bonds is 6. The van der Waals surface area contributed by atoms with Gasteiger partial charge in [-0.3, -0.25) is 4.79 Å². The molecule has 0 bridgehead atoms. The van der Waals surface area contributed by atoms with E-state index in [1.165, 1.54) is 11.4 Å². The minimum atomic E-state index is -0.309. The second-order valence-electron chi connectivity index (χ2n) is 8.42. The maximum Gasteiger partial charge on any atom is 0.281 e. The largest absolute Gasteiger partial charge is 0.484 e. The van der Waals surface area contributed by atoms with Gasteiger partial charge in [0.05, 0.1) is 18.2 Å². The monoisotopic (exact) mass is 470 g/mol. The second kappa shape index (κ2) is 9.09. The van der Waals surface area contributed by atoms with Crippen LogP contribution in [-0.4, -0.2) is 33.4 Å². The second-order valence-corrected chi connectivity index (χ2v) is 8.42. The quantitative estimate of drug-likeness (QED) is 0.385. The van der Waals surface area contributed by atoms with Crippen LogP contribution in [0.3, 0.4) is 0 Å². The first-order valence-electron chi connectivity index (χ1n) is 11.4. The molecular weight excluding hydrogens is 448 g/mol. The predicted octanol–water partition coefficient (Wildman–Crippen LogP) is 5.12. The third-order valence-electron chi connectivity index (χ3n) is 6.28. The first kappa shape index (κ1) is 21.2. The molecule has 176 valence electrons. The number of carbonyl (C=O) groups excluding carboxylic acids is 1. The molecular formula is C26H22N4O5. The summed E-state index contributed by atoms with van der Waals surface area (Å²) in [6.07, 6.45) is 9.36. The summed E-state index contributed by atoms with van der Waals surface area (Å²) in [5.74, 6) is 2.27. The zero-order chi connectivity index (χ0) is 23.6. The molecule has 9 heteroatoms. The molecule has 2 aliphatic rings. The van der Waals surface area contributed by atoms with Crippen molar-refractivity contribution < 1.29 is 22.8 Å². The molecule has 0 N–H and O–H groups in total. The van der Waals surface area contributed by atoms with Gasteiger partial charge in [-0.2, -0.15) is 5.10 Å². The molecule has 6 rings (SSSR count). The number of carbonyl (C=O) groups is 1. The SMILES string of the molecule is O=C(COc1ccc(-c2nnco2)cc1)N1N=C2C(=Cc3ccco3)CCCC2C1c1ccco1. The molecule has 1 aromatic carbocycles. The smallest absolute Gasteiger partial charge is 0.281 e. The van der Waals surface area contributed by atoms with Crippen LogP contribution in [0, 0.1) is 5.92 Å². The van der Waals surface area contributed by atoms with Crippen LogP contribution >= 0.6 is 0 Å². The van der Waals surface area contributed by atoms with Crippen LogP contribution < -0.4 is 4.74 Å². The van der Waals surface area contributed by atoms with E-state index < -0.39 is 0 Å². The van der Waals surface area contributed by atoms with E-state index >= 15 is 0 Å². The fraction of sp³-hybridized carbons (Fsp3) is 0.231. The number of ether oxygens (including phenoxy) is 1. The number of hydrogen-bond donors (Lipinski definition) is 0. The zero-order valence-corrected chi connectivity index (χ0v) is 18.7. The predicted molar refractivity (Wildman–Crippen MR) is 125 cm³/mol. The zero-order valence-electron chi connectivity index (χ0n) is 18.7. The fourth-order valence-electron chi connectivity index (χ4n) is 4.69. The Morgan fingerprint density at radius 2 is 1.94 bits per heavy atom. The molecule has 4 aromatic rings. The number of furan rings is 2. The highest BCUT2D eigenvalue weighted by molar-refractivity contribution is 6.08. The number of aromatic nitrogens is 2. The number of allylic oxidation sites excluding steroid dienone is 1. The lowest BCUT2D eigenvalue weighted by molar-refractivity contribution is -0.136. The normalized spacial score (nSPS) is 20.6. The number of amides is 1. The average Bonchev–Trinajstić information content (AvgIpc) is 3.69. The van der Waals surface area contributed by atoms with Crippen molar-refractivity contribution in [3.8, 4) is 17.2 Å². The Labute approximate surface area is 200 Å². The van der Waals surface area contributed by atoms with Gasteiger partial charge in [0, 0.05) is 11.5 Å². The van der Waals surface area contributed by atoms with Crippen molar-refractivity contribution in [3.05, 3.63) is 84.5 Å². The standard InChI is InChI=1S/C26H22N4O5/c31-23(15-34-19-10-8-17(9-11-19)26-28-27-16-35-26)30-25(22-7-3-13-33-22)21-6-1-4-18(24(21)29-30)14-20-5-2-12-32-20/h2-3,5,7-14,16,21,25H,1,4,6,15H2. The van der Waals surface area contributed by atoms with Gasteiger partial charge in [0.25, 0.3) is 5.91 Å². The highest BCUT2D eigenvalue weighted by Crippen LogP contribution is 2.44. The molecule has 0 spiro atoms. The van der Waals surface area contributed by atoms with Crippen LogP contribution in [-0.2, 0) is 4.79 Å². The minimum absolute atomic E-state index is 0.0498. The number of hydrogen-bond acceptors (Lipinski definition) is 8. The van der Waals surface area contributed by atoms with Gasteiger partial charge in [-0.15, -0.1) is 10.2 Å². The molecule has 2 atom stereocenters. The van der Waals surface area contributed by atoms with Crippen LogP contribution in [0.25, 0.3) is 17.5 Å². The molecule has 0 radical (unpaired) electrons. The van der Waals surface area contributed by atoms with Crippen molar-refractivity contribution in [2.75, 3.05) is 6.61 Å². The third kappa shape index (κ3) is 4.16. The summed E-state index contributed by atoms with van der Waals surface area (Å²) < 4.78 is 22.2. The Hall–Kier alpha value is -4.40. The van der Waals surface area contributed by atoms with E-state index in [-0.39, 0.29) is 24.5 Å². The number of benzene rings is 1. The third-order valence-corrected chi connectivity index (χ3v) is 6.28. The van der Waals surface area contributed by atoms with Crippen LogP contribution in [0.2, 0.25) is 0 Å². The summed E-state index contributed by atoms with van der Waals surface area (Å²) in [5.41, 5.74) is 2.76. The molecule has 1 amide bonds. The van der Waals surface area contributed by atoms with Gasteiger partial charge < -0.3 is 18.0 Å². The highest BCUT2D eigenvalue weighted by atomic mass is 16.5. The van der Waals surface area contributed by atoms with Crippen molar-refractivity contribution in [2.45, 2.75) is 25.3 Å². The molecule has 1 aliphatic heterocycles. The lowest BCUT2D eigenvalue weighted by atomic mass is 9.79. The number of fused-ring (bicyclic) bond motifs is 1. The van der Waals surface area contributed by atoms with Crippen LogP contribution in [0.1, 0.15) is 36.8 Å². The van der Waals surface area contributed by atoms with Gasteiger partial charge in [0.1, 0.15) is 23.3 Å². The van der Waals surface area contributed by atoms with Crippen molar-refractivity contribution in [2.24, 2.45) is 11.0 Å². The summed E-state index contributed by atoms with van der Waals surface area (Å²) in [7, 11) is 0. The lowest BCUT2D eigenvalue weighted by Crippen LogP contribution is -2.34. The Kier molecular flexibility index (Phi) is 5.50. The van der Waals surface area contributed by atoms with E-state index in [1.807, 2.05) is 30.3 Å². The topological polar surface area (TPSA) is 107 Å². The van der Waals surface area contributed by atoms with Gasteiger partial charge in [-0.1, -0.05) is 0 Å². The molecule has 9 nitrogen and oxygen atoms in total. The van der Waals surface area contributed by atoms with E-state index in [1.54, 1.807) is 36.8 Å². The summed E-state index contributed by atoms with van der Waals surface area (Å²) in [5, 5.41) is 13.9. The maximum absolute atomic E-state index is 13.3. The Bertz CT molecular complexity index is 1340. The van der Waals surface area contributed by atoms with Gasteiger partial charge >= 0.3 is 0 Å². The van der Waals surface area contributed by atoms with Gasteiger partial charge in [-0.25, -0.2) is 5.01 Å². The van der Waals surface area contributed by atoms with Crippen molar-refractivity contribution >= 4 is 17.7 Å². The molecule has 1 aliphatic carbocycles. The number of nitrogens with zero attached hydrogens (tertiary/aromatic N) is 4. The molecule has 0 saturated heterocycles. The van der Waals surface area contributed by atoms with Crippen LogP contribution in [0.5, 0.6) is 5.75 Å². The van der Waals surface area contributed by atoms with Gasteiger partial charge in [0.2, 0.25) is 12.3 Å². The molecule has 1 saturated carbocycles. The molecule has 2 unspecified atom stereocenters. The van der Waals surface area contributed by atoms with Crippen molar-refractivity contribution in [1.82, 2.24) is 15.2 Å². The number of hydrazone groups is 1. The Balaban J connectivity index is 1.23. The molecule has 3 aromatic heterocycles. The first-order chi connectivity index (χ1) is 17.3. The first-order valence-corrected chi connectivity index (χ1v) is 11.4. The van der Waals surface area contributed by atoms with Gasteiger partial charge in [-0.05, 0) is 79.4 Å². The fourth-order valence-corrected chi connectivity index (χ4v) is 4.69. The van der Waals surface area contributed by atoms with E-state index in [2.05, 4.69) is 10.2 Å². The molecule has 35 heavy (non-hydrogen) atoms. The van der Waals surface area contributed by atoms with E-state index in [0.29, 0.717) is 17.4 Å². The van der Waals surface area contributed by atoms with Gasteiger partial charge in [0.15, 0.2) is 6.61 Å². The van der Waals surface area contributed by atoms with E-state index in [0.717, 1.165) is 41.9 Å². The average molecular weight is 470 g/mol. The Morgan fingerprint density at radius 1 is 1.09 bits per heavy atom.